The smallest absolute Gasteiger partial charge is 0.133 e. The second-order valence-corrected chi connectivity index (χ2v) is 3.75. The van der Waals surface area contributed by atoms with Gasteiger partial charge in [0, 0.05) is 32.0 Å². The van der Waals surface area contributed by atoms with Crippen LogP contribution in [0.25, 0.3) is 0 Å². The average Bonchev–Trinajstić information content (AvgIpc) is 2.82. The number of pyridine rings is 1. The van der Waals surface area contributed by atoms with Crippen LogP contribution in [0.1, 0.15) is 11.5 Å². The normalized spacial score (nSPS) is 10.6. The summed E-state index contributed by atoms with van der Waals surface area (Å²) >= 11 is 0. The Morgan fingerprint density at radius 3 is 3.00 bits per heavy atom. The molecule has 0 aliphatic rings. The topological polar surface area (TPSA) is 52.8 Å². The summed E-state index contributed by atoms with van der Waals surface area (Å²) in [5.74, 6) is 0.979. The third-order valence-corrected chi connectivity index (χ3v) is 2.56. The average molecular weight is 232 g/mol. The van der Waals surface area contributed by atoms with Gasteiger partial charge in [0.1, 0.15) is 12.2 Å². The van der Waals surface area contributed by atoms with E-state index in [4.69, 9.17) is 4.74 Å². The van der Waals surface area contributed by atoms with Crippen molar-refractivity contribution in [3.63, 3.8) is 0 Å². The van der Waals surface area contributed by atoms with Gasteiger partial charge in [-0.25, -0.2) is 0 Å². The molecular formula is C12H16N4O. The van der Waals surface area contributed by atoms with E-state index in [1.165, 1.54) is 0 Å². The maximum Gasteiger partial charge on any atom is 0.133 e. The SMILES string of the molecule is COCCn1cnnc1CCc1ccccn1. The molecule has 17 heavy (non-hydrogen) atoms. The Labute approximate surface area is 100 Å². The van der Waals surface area contributed by atoms with Crippen molar-refractivity contribution in [2.24, 2.45) is 0 Å². The van der Waals surface area contributed by atoms with Crippen LogP contribution in [-0.2, 0) is 24.1 Å². The van der Waals surface area contributed by atoms with Crippen molar-refractivity contribution < 1.29 is 4.74 Å². The molecule has 0 saturated carbocycles. The quantitative estimate of drug-likeness (QED) is 0.748. The van der Waals surface area contributed by atoms with Gasteiger partial charge in [0.2, 0.25) is 0 Å². The van der Waals surface area contributed by atoms with E-state index in [-0.39, 0.29) is 0 Å². The van der Waals surface area contributed by atoms with Crippen LogP contribution >= 0.6 is 0 Å². The molecule has 0 aliphatic heterocycles. The fraction of sp³-hybridized carbons (Fsp3) is 0.417. The van der Waals surface area contributed by atoms with Crippen LogP contribution in [0.5, 0.6) is 0 Å². The first kappa shape index (κ1) is 11.7. The molecule has 5 heteroatoms. The summed E-state index contributed by atoms with van der Waals surface area (Å²) in [7, 11) is 1.69. The molecule has 0 radical (unpaired) electrons. The van der Waals surface area contributed by atoms with Crippen LogP contribution in [0.4, 0.5) is 0 Å². The molecule has 0 bridgehead atoms. The molecule has 0 aromatic carbocycles. The molecule has 2 rings (SSSR count). The molecule has 2 aromatic heterocycles. The van der Waals surface area contributed by atoms with E-state index in [1.807, 2.05) is 29.0 Å². The van der Waals surface area contributed by atoms with E-state index in [2.05, 4.69) is 15.2 Å². The fourth-order valence-electron chi connectivity index (χ4n) is 1.63. The lowest BCUT2D eigenvalue weighted by atomic mass is 10.2. The van der Waals surface area contributed by atoms with Crippen molar-refractivity contribution in [1.82, 2.24) is 19.7 Å². The zero-order valence-electron chi connectivity index (χ0n) is 9.91. The van der Waals surface area contributed by atoms with Gasteiger partial charge in [-0.15, -0.1) is 10.2 Å². The van der Waals surface area contributed by atoms with Gasteiger partial charge in [0.05, 0.1) is 6.61 Å². The molecule has 90 valence electrons. The van der Waals surface area contributed by atoms with Crippen LogP contribution < -0.4 is 0 Å². The summed E-state index contributed by atoms with van der Waals surface area (Å²) in [6.07, 6.45) is 5.28. The second kappa shape index (κ2) is 6.10. The number of methoxy groups -OCH3 is 1. The lowest BCUT2D eigenvalue weighted by Crippen LogP contribution is -2.08. The highest BCUT2D eigenvalue weighted by atomic mass is 16.5. The van der Waals surface area contributed by atoms with Crippen molar-refractivity contribution in [3.8, 4) is 0 Å². The van der Waals surface area contributed by atoms with Crippen LogP contribution in [0.2, 0.25) is 0 Å². The standard InChI is InChI=1S/C12H16N4O/c1-17-9-8-16-10-14-15-12(16)6-5-11-4-2-3-7-13-11/h2-4,7,10H,5-6,8-9H2,1H3. The van der Waals surface area contributed by atoms with Gasteiger partial charge in [0.25, 0.3) is 0 Å². The van der Waals surface area contributed by atoms with E-state index in [0.29, 0.717) is 6.61 Å². The molecular weight excluding hydrogens is 216 g/mol. The molecule has 5 nitrogen and oxygen atoms in total. The summed E-state index contributed by atoms with van der Waals surface area (Å²) in [5.41, 5.74) is 1.08. The maximum absolute atomic E-state index is 5.04. The van der Waals surface area contributed by atoms with E-state index in [0.717, 1.165) is 30.9 Å². The van der Waals surface area contributed by atoms with Crippen molar-refractivity contribution in [2.75, 3.05) is 13.7 Å². The monoisotopic (exact) mass is 232 g/mol. The number of nitrogens with zero attached hydrogens (tertiary/aromatic N) is 4. The van der Waals surface area contributed by atoms with E-state index in [1.54, 1.807) is 13.4 Å². The first-order valence-corrected chi connectivity index (χ1v) is 5.65. The Morgan fingerprint density at radius 1 is 1.29 bits per heavy atom. The largest absolute Gasteiger partial charge is 0.383 e. The highest BCUT2D eigenvalue weighted by Gasteiger charge is 2.04. The molecule has 0 spiro atoms. The molecule has 0 aliphatic carbocycles. The zero-order chi connectivity index (χ0) is 11.9. The summed E-state index contributed by atoms with van der Waals surface area (Å²) in [6, 6.07) is 5.94. The summed E-state index contributed by atoms with van der Waals surface area (Å²) in [4.78, 5) is 4.29. The van der Waals surface area contributed by atoms with Crippen LogP contribution in [-0.4, -0.2) is 33.5 Å². The van der Waals surface area contributed by atoms with Crippen LogP contribution in [0.15, 0.2) is 30.7 Å². The molecule has 2 heterocycles. The molecule has 0 atom stereocenters. The van der Waals surface area contributed by atoms with Gasteiger partial charge in [-0.2, -0.15) is 0 Å². The second-order valence-electron chi connectivity index (χ2n) is 3.75. The van der Waals surface area contributed by atoms with E-state index >= 15 is 0 Å². The minimum absolute atomic E-state index is 0.675. The Balaban J connectivity index is 1.92. The van der Waals surface area contributed by atoms with Gasteiger partial charge >= 0.3 is 0 Å². The van der Waals surface area contributed by atoms with E-state index in [9.17, 15) is 0 Å². The molecule has 0 amide bonds. The third-order valence-electron chi connectivity index (χ3n) is 2.56. The Morgan fingerprint density at radius 2 is 2.24 bits per heavy atom. The highest BCUT2D eigenvalue weighted by Crippen LogP contribution is 2.02. The van der Waals surface area contributed by atoms with Crippen LogP contribution in [0, 0.1) is 0 Å². The number of hydrogen-bond donors (Lipinski definition) is 0. The maximum atomic E-state index is 5.04. The predicted molar refractivity (Wildman–Crippen MR) is 63.5 cm³/mol. The highest BCUT2D eigenvalue weighted by molar-refractivity contribution is 5.05. The summed E-state index contributed by atoms with van der Waals surface area (Å²) in [6.45, 7) is 1.47. The third kappa shape index (κ3) is 3.35. The first-order valence-electron chi connectivity index (χ1n) is 5.65. The predicted octanol–water partition coefficient (Wildman–Crippen LogP) is 1.10. The lowest BCUT2D eigenvalue weighted by Gasteiger charge is -2.05. The molecule has 2 aromatic rings. The van der Waals surface area contributed by atoms with Crippen molar-refractivity contribution in [1.29, 1.82) is 0 Å². The number of ether oxygens (including phenoxy) is 1. The zero-order valence-corrected chi connectivity index (χ0v) is 9.91. The Hall–Kier alpha value is -1.75. The van der Waals surface area contributed by atoms with Gasteiger partial charge in [0.15, 0.2) is 0 Å². The number of aromatic nitrogens is 4. The van der Waals surface area contributed by atoms with Crippen molar-refractivity contribution in [3.05, 3.63) is 42.2 Å². The minimum Gasteiger partial charge on any atom is -0.383 e. The number of hydrogen-bond acceptors (Lipinski definition) is 4. The van der Waals surface area contributed by atoms with Gasteiger partial charge in [-0.05, 0) is 18.6 Å². The van der Waals surface area contributed by atoms with Gasteiger partial charge < -0.3 is 9.30 Å². The van der Waals surface area contributed by atoms with Gasteiger partial charge in [-0.1, -0.05) is 6.07 Å². The molecule has 0 fully saturated rings. The van der Waals surface area contributed by atoms with Crippen molar-refractivity contribution in [2.45, 2.75) is 19.4 Å². The Bertz CT molecular complexity index is 441. The molecule has 0 saturated heterocycles. The minimum atomic E-state index is 0.675. The lowest BCUT2D eigenvalue weighted by molar-refractivity contribution is 0.186. The van der Waals surface area contributed by atoms with Crippen molar-refractivity contribution >= 4 is 0 Å². The summed E-state index contributed by atoms with van der Waals surface area (Å²) < 4.78 is 7.06. The first-order chi connectivity index (χ1) is 8.40. The molecule has 0 N–H and O–H groups in total. The fourth-order valence-corrected chi connectivity index (χ4v) is 1.63. The number of rotatable bonds is 6. The molecule has 0 unspecified atom stereocenters. The van der Waals surface area contributed by atoms with E-state index < -0.39 is 0 Å². The number of aryl methyl sites for hydroxylation is 2. The van der Waals surface area contributed by atoms with Gasteiger partial charge in [-0.3, -0.25) is 4.98 Å². The summed E-state index contributed by atoms with van der Waals surface area (Å²) in [5, 5.41) is 8.04. The Kier molecular flexibility index (Phi) is 4.21. The van der Waals surface area contributed by atoms with Crippen LogP contribution in [0.3, 0.4) is 0 Å².